The highest BCUT2D eigenvalue weighted by Crippen LogP contribution is 2.39. The molecule has 0 saturated heterocycles. The molecule has 0 unspecified atom stereocenters. The molecular formula is C25H25NO7S. The highest BCUT2D eigenvalue weighted by molar-refractivity contribution is 7.18. The molecule has 0 atom stereocenters. The van der Waals surface area contributed by atoms with Gasteiger partial charge in [-0.15, -0.1) is 11.3 Å². The van der Waals surface area contributed by atoms with Crippen LogP contribution in [0.5, 0.6) is 17.2 Å². The zero-order chi connectivity index (χ0) is 24.7. The molecular weight excluding hydrogens is 458 g/mol. The minimum atomic E-state index is -0.532. The van der Waals surface area contributed by atoms with Crippen LogP contribution in [0, 0.1) is 0 Å². The van der Waals surface area contributed by atoms with Crippen molar-refractivity contribution in [2.75, 3.05) is 32.8 Å². The van der Waals surface area contributed by atoms with Crippen molar-refractivity contribution in [1.29, 1.82) is 0 Å². The third-order valence-corrected chi connectivity index (χ3v) is 5.93. The van der Waals surface area contributed by atoms with E-state index in [1.54, 1.807) is 63.6 Å². The fourth-order valence-corrected chi connectivity index (χ4v) is 4.09. The van der Waals surface area contributed by atoms with Crippen molar-refractivity contribution >= 4 is 34.7 Å². The van der Waals surface area contributed by atoms with Crippen molar-refractivity contribution < 1.29 is 33.3 Å². The second-order valence-corrected chi connectivity index (χ2v) is 8.11. The maximum Gasteiger partial charge on any atom is 0.350 e. The average Bonchev–Trinajstić information content (AvgIpc) is 3.26. The van der Waals surface area contributed by atoms with Gasteiger partial charge in [-0.3, -0.25) is 9.59 Å². The number of nitrogens with one attached hydrogen (secondary N) is 1. The van der Waals surface area contributed by atoms with Crippen LogP contribution in [0.1, 0.15) is 33.9 Å². The Kier molecular flexibility index (Phi) is 8.26. The molecule has 0 aliphatic carbocycles. The number of ketones is 1. The van der Waals surface area contributed by atoms with E-state index in [0.29, 0.717) is 28.5 Å². The van der Waals surface area contributed by atoms with Gasteiger partial charge in [0.05, 0.1) is 26.5 Å². The topological polar surface area (TPSA) is 100 Å². The fourth-order valence-electron chi connectivity index (χ4n) is 3.08. The van der Waals surface area contributed by atoms with Gasteiger partial charge in [0.1, 0.15) is 10.6 Å². The van der Waals surface area contributed by atoms with Crippen LogP contribution in [-0.4, -0.2) is 45.1 Å². The van der Waals surface area contributed by atoms with Crippen LogP contribution in [-0.2, 0) is 9.53 Å². The molecule has 178 valence electrons. The van der Waals surface area contributed by atoms with E-state index in [1.165, 1.54) is 18.3 Å². The van der Waals surface area contributed by atoms with E-state index in [4.69, 9.17) is 18.9 Å². The van der Waals surface area contributed by atoms with Gasteiger partial charge in [0.25, 0.3) is 5.91 Å². The van der Waals surface area contributed by atoms with Crippen LogP contribution < -0.4 is 19.5 Å². The predicted molar refractivity (Wildman–Crippen MR) is 129 cm³/mol. The number of Topliss-reactive ketones (excluding diaryl/α,β-unsaturated/α-hetero) is 1. The van der Waals surface area contributed by atoms with Crippen LogP contribution in [0.15, 0.2) is 48.5 Å². The molecule has 0 bridgehead atoms. The number of methoxy groups -OCH3 is 2. The van der Waals surface area contributed by atoms with Gasteiger partial charge in [0.2, 0.25) is 0 Å². The number of benzene rings is 2. The van der Waals surface area contributed by atoms with Crippen LogP contribution >= 0.6 is 11.3 Å². The van der Waals surface area contributed by atoms with E-state index < -0.39 is 11.9 Å². The van der Waals surface area contributed by atoms with Gasteiger partial charge in [0, 0.05) is 10.4 Å². The van der Waals surface area contributed by atoms with E-state index in [2.05, 4.69) is 5.32 Å². The monoisotopic (exact) mass is 483 g/mol. The highest BCUT2D eigenvalue weighted by Gasteiger charge is 2.21. The molecule has 1 amide bonds. The molecule has 3 rings (SSSR count). The smallest absolute Gasteiger partial charge is 0.350 e. The van der Waals surface area contributed by atoms with Crippen molar-refractivity contribution in [2.45, 2.75) is 13.8 Å². The summed E-state index contributed by atoms with van der Waals surface area (Å²) in [6, 6.07) is 13.6. The summed E-state index contributed by atoms with van der Waals surface area (Å²) < 4.78 is 21.3. The molecule has 0 spiro atoms. The zero-order valence-electron chi connectivity index (χ0n) is 19.3. The van der Waals surface area contributed by atoms with Crippen molar-refractivity contribution in [3.8, 4) is 27.7 Å². The van der Waals surface area contributed by atoms with Crippen molar-refractivity contribution in [2.24, 2.45) is 0 Å². The van der Waals surface area contributed by atoms with Crippen molar-refractivity contribution in [1.82, 2.24) is 0 Å². The lowest BCUT2D eigenvalue weighted by Crippen LogP contribution is -2.21. The lowest BCUT2D eigenvalue weighted by atomic mass is 10.1. The molecule has 1 N–H and O–H groups in total. The molecule has 0 aliphatic rings. The standard InChI is InChI=1S/C25H25NO7S/c1-5-32-25(29)24-19(13-22(34-24)17-8-11-20(30-3)21(12-17)31-4)26-23(28)14-33-18-9-6-16(7-10-18)15(2)27/h6-13H,5,14H2,1-4H3,(H,26,28). The number of esters is 1. The molecule has 0 radical (unpaired) electrons. The van der Waals surface area contributed by atoms with Crippen molar-refractivity contribution in [3.63, 3.8) is 0 Å². The summed E-state index contributed by atoms with van der Waals surface area (Å²) in [6.45, 7) is 3.12. The second kappa shape index (κ2) is 11.3. The summed E-state index contributed by atoms with van der Waals surface area (Å²) in [5.41, 5.74) is 1.67. The first-order valence-corrected chi connectivity index (χ1v) is 11.2. The Balaban J connectivity index is 1.79. The number of anilines is 1. The number of rotatable bonds is 10. The average molecular weight is 484 g/mol. The minimum absolute atomic E-state index is 0.0569. The first-order valence-electron chi connectivity index (χ1n) is 10.4. The van der Waals surface area contributed by atoms with E-state index in [9.17, 15) is 14.4 Å². The molecule has 3 aromatic rings. The maximum absolute atomic E-state index is 12.5. The quantitative estimate of drug-likeness (QED) is 0.326. The number of hydrogen-bond acceptors (Lipinski definition) is 8. The molecule has 34 heavy (non-hydrogen) atoms. The Morgan fingerprint density at radius 1 is 0.941 bits per heavy atom. The first-order chi connectivity index (χ1) is 16.4. The molecule has 0 saturated carbocycles. The Morgan fingerprint density at radius 2 is 1.65 bits per heavy atom. The fraction of sp³-hybridized carbons (Fsp3) is 0.240. The Bertz CT molecular complexity index is 1180. The molecule has 9 heteroatoms. The highest BCUT2D eigenvalue weighted by atomic mass is 32.1. The molecule has 0 aliphatic heterocycles. The Labute approximate surface area is 201 Å². The summed E-state index contributed by atoms with van der Waals surface area (Å²) in [4.78, 5) is 37.4. The van der Waals surface area contributed by atoms with Gasteiger partial charge in [0.15, 0.2) is 23.9 Å². The third kappa shape index (κ3) is 5.93. The molecule has 8 nitrogen and oxygen atoms in total. The first kappa shape index (κ1) is 24.8. The van der Waals surface area contributed by atoms with Crippen LogP contribution in [0.3, 0.4) is 0 Å². The van der Waals surface area contributed by atoms with Gasteiger partial charge < -0.3 is 24.3 Å². The summed E-state index contributed by atoms with van der Waals surface area (Å²) in [5.74, 6) is 0.532. The zero-order valence-corrected chi connectivity index (χ0v) is 20.1. The van der Waals surface area contributed by atoms with E-state index in [0.717, 1.165) is 10.4 Å². The summed E-state index contributed by atoms with van der Waals surface area (Å²) in [6.07, 6.45) is 0. The van der Waals surface area contributed by atoms with Gasteiger partial charge in [-0.25, -0.2) is 4.79 Å². The number of hydrogen-bond donors (Lipinski definition) is 1. The normalized spacial score (nSPS) is 10.4. The predicted octanol–water partition coefficient (Wildman–Crippen LogP) is 4.83. The number of amides is 1. The number of ether oxygens (including phenoxy) is 4. The van der Waals surface area contributed by atoms with Crippen LogP contribution in [0.2, 0.25) is 0 Å². The number of carbonyl (C=O) groups excluding carboxylic acids is 3. The summed E-state index contributed by atoms with van der Waals surface area (Å²) in [5, 5.41) is 2.73. The van der Waals surface area contributed by atoms with Gasteiger partial charge >= 0.3 is 5.97 Å². The largest absolute Gasteiger partial charge is 0.493 e. The minimum Gasteiger partial charge on any atom is -0.493 e. The summed E-state index contributed by atoms with van der Waals surface area (Å²) >= 11 is 1.20. The van der Waals surface area contributed by atoms with Gasteiger partial charge in [-0.2, -0.15) is 0 Å². The number of thiophene rings is 1. The second-order valence-electron chi connectivity index (χ2n) is 7.06. The van der Waals surface area contributed by atoms with Gasteiger partial charge in [-0.05, 0) is 67.9 Å². The molecule has 0 fully saturated rings. The lowest BCUT2D eigenvalue weighted by Gasteiger charge is -2.08. The van der Waals surface area contributed by atoms with Gasteiger partial charge in [-0.1, -0.05) is 0 Å². The third-order valence-electron chi connectivity index (χ3n) is 4.77. The van der Waals surface area contributed by atoms with Crippen LogP contribution in [0.4, 0.5) is 5.69 Å². The molecule has 2 aromatic carbocycles. The maximum atomic E-state index is 12.5. The number of carbonyl (C=O) groups is 3. The van der Waals surface area contributed by atoms with Crippen LogP contribution in [0.25, 0.3) is 10.4 Å². The molecule has 1 aromatic heterocycles. The molecule has 1 heterocycles. The lowest BCUT2D eigenvalue weighted by molar-refractivity contribution is -0.118. The summed E-state index contributed by atoms with van der Waals surface area (Å²) in [7, 11) is 3.09. The van der Waals surface area contributed by atoms with E-state index in [1.807, 2.05) is 6.07 Å². The Hall–Kier alpha value is -3.85. The van der Waals surface area contributed by atoms with E-state index >= 15 is 0 Å². The Morgan fingerprint density at radius 3 is 2.26 bits per heavy atom. The van der Waals surface area contributed by atoms with Crippen molar-refractivity contribution in [3.05, 3.63) is 59.0 Å². The van der Waals surface area contributed by atoms with E-state index in [-0.39, 0.29) is 23.9 Å². The SMILES string of the molecule is CCOC(=O)c1sc(-c2ccc(OC)c(OC)c2)cc1NC(=O)COc1ccc(C(C)=O)cc1.